The second-order valence-electron chi connectivity index (χ2n) is 3.40. The van der Waals surface area contributed by atoms with Gasteiger partial charge in [-0.15, -0.1) is 11.6 Å². The van der Waals surface area contributed by atoms with E-state index in [1.54, 1.807) is 6.07 Å². The summed E-state index contributed by atoms with van der Waals surface area (Å²) in [5, 5.41) is 0.869. The molecule has 0 aliphatic carbocycles. The zero-order valence-electron chi connectivity index (χ0n) is 8.86. The molecule has 0 heterocycles. The topological polar surface area (TPSA) is 0 Å². The molecule has 0 spiro atoms. The number of aryl methyl sites for hydroxylation is 1. The molecule has 0 unspecified atom stereocenters. The number of hydrogen-bond acceptors (Lipinski definition) is 1. The Morgan fingerprint density at radius 1 is 1.24 bits per heavy atom. The van der Waals surface area contributed by atoms with Gasteiger partial charge in [0.05, 0.1) is 0 Å². The number of halogens is 5. The molecule has 1 aromatic carbocycles. The van der Waals surface area contributed by atoms with Crippen LogP contribution in [0.25, 0.3) is 0 Å². The van der Waals surface area contributed by atoms with Gasteiger partial charge in [-0.05, 0) is 47.9 Å². The van der Waals surface area contributed by atoms with Crippen molar-refractivity contribution in [3.8, 4) is 0 Å². The summed E-state index contributed by atoms with van der Waals surface area (Å²) in [5.41, 5.74) is -2.45. The molecule has 0 N–H and O–H groups in total. The summed E-state index contributed by atoms with van der Waals surface area (Å²) in [5.74, 6) is 0.240. The maximum atomic E-state index is 12.2. The Morgan fingerprint density at radius 3 is 2.47 bits per heavy atom. The number of alkyl halides is 5. The van der Waals surface area contributed by atoms with Crippen molar-refractivity contribution in [1.29, 1.82) is 0 Å². The average Bonchev–Trinajstić information content (AvgIpc) is 2.25. The number of rotatable bonds is 5. The zero-order chi connectivity index (χ0) is 12.9. The highest BCUT2D eigenvalue weighted by Gasteiger charge is 2.29. The summed E-state index contributed by atoms with van der Waals surface area (Å²) in [6.45, 7) is 0. The van der Waals surface area contributed by atoms with E-state index >= 15 is 0 Å². The average molecular weight is 348 g/mol. The SMILES string of the molecule is FC(F)(F)Sc1ccc(CCCBr)c(CCl)c1. The second-order valence-corrected chi connectivity index (χ2v) is 5.60. The second kappa shape index (κ2) is 6.90. The van der Waals surface area contributed by atoms with Gasteiger partial charge in [0, 0.05) is 16.1 Å². The van der Waals surface area contributed by atoms with Gasteiger partial charge in [-0.3, -0.25) is 0 Å². The first kappa shape index (κ1) is 15.2. The highest BCUT2D eigenvalue weighted by atomic mass is 79.9. The molecule has 0 atom stereocenters. The van der Waals surface area contributed by atoms with Crippen LogP contribution >= 0.6 is 39.3 Å². The largest absolute Gasteiger partial charge is 0.446 e. The lowest BCUT2D eigenvalue weighted by atomic mass is 10.0. The van der Waals surface area contributed by atoms with Crippen molar-refractivity contribution in [1.82, 2.24) is 0 Å². The maximum absolute atomic E-state index is 12.2. The van der Waals surface area contributed by atoms with Crippen LogP contribution in [0.1, 0.15) is 17.5 Å². The third-order valence-electron chi connectivity index (χ3n) is 2.14. The summed E-state index contributed by atoms with van der Waals surface area (Å²) in [6.07, 6.45) is 1.76. The quantitative estimate of drug-likeness (QED) is 0.510. The number of thioether (sulfide) groups is 1. The molecule has 0 radical (unpaired) electrons. The molecule has 0 fully saturated rings. The van der Waals surface area contributed by atoms with Gasteiger partial charge in [-0.2, -0.15) is 13.2 Å². The van der Waals surface area contributed by atoms with Gasteiger partial charge in [-0.1, -0.05) is 22.0 Å². The Bertz CT molecular complexity index is 368. The molecular weight excluding hydrogens is 337 g/mol. The van der Waals surface area contributed by atoms with Crippen LogP contribution in [0.15, 0.2) is 23.1 Å². The van der Waals surface area contributed by atoms with Crippen molar-refractivity contribution in [2.45, 2.75) is 29.1 Å². The zero-order valence-corrected chi connectivity index (χ0v) is 12.0. The molecule has 0 saturated heterocycles. The van der Waals surface area contributed by atoms with Crippen molar-refractivity contribution >= 4 is 39.3 Å². The van der Waals surface area contributed by atoms with E-state index in [9.17, 15) is 13.2 Å². The fraction of sp³-hybridized carbons (Fsp3) is 0.455. The first-order chi connectivity index (χ1) is 7.96. The molecule has 0 nitrogen and oxygen atoms in total. The fourth-order valence-corrected chi connectivity index (χ4v) is 2.56. The summed E-state index contributed by atoms with van der Waals surface area (Å²) < 4.78 is 36.6. The Balaban J connectivity index is 2.84. The molecule has 0 aliphatic heterocycles. The van der Waals surface area contributed by atoms with E-state index in [0.717, 1.165) is 29.3 Å². The molecule has 0 aromatic heterocycles. The van der Waals surface area contributed by atoms with E-state index in [4.69, 9.17) is 11.6 Å². The van der Waals surface area contributed by atoms with Crippen LogP contribution in [-0.2, 0) is 12.3 Å². The van der Waals surface area contributed by atoms with Gasteiger partial charge in [0.25, 0.3) is 0 Å². The van der Waals surface area contributed by atoms with Crippen molar-refractivity contribution in [3.63, 3.8) is 0 Å². The number of hydrogen-bond donors (Lipinski definition) is 0. The van der Waals surface area contributed by atoms with Crippen molar-refractivity contribution in [3.05, 3.63) is 29.3 Å². The van der Waals surface area contributed by atoms with E-state index in [1.807, 2.05) is 0 Å². The van der Waals surface area contributed by atoms with Gasteiger partial charge in [0.2, 0.25) is 0 Å². The van der Waals surface area contributed by atoms with Crippen LogP contribution in [0.3, 0.4) is 0 Å². The maximum Gasteiger partial charge on any atom is 0.446 e. The Hall–Kier alpha value is 0.130. The van der Waals surface area contributed by atoms with Crippen LogP contribution in [0.4, 0.5) is 13.2 Å². The van der Waals surface area contributed by atoms with Crippen molar-refractivity contribution in [2.75, 3.05) is 5.33 Å². The highest BCUT2D eigenvalue weighted by molar-refractivity contribution is 9.09. The van der Waals surface area contributed by atoms with E-state index < -0.39 is 5.51 Å². The van der Waals surface area contributed by atoms with Gasteiger partial charge in [0.1, 0.15) is 0 Å². The lowest BCUT2D eigenvalue weighted by Gasteiger charge is -2.10. The molecule has 96 valence electrons. The normalized spacial score (nSPS) is 11.8. The number of benzene rings is 1. The van der Waals surface area contributed by atoms with Crippen LogP contribution in [0.5, 0.6) is 0 Å². The minimum Gasteiger partial charge on any atom is -0.160 e. The lowest BCUT2D eigenvalue weighted by Crippen LogP contribution is -2.00. The van der Waals surface area contributed by atoms with Gasteiger partial charge in [0.15, 0.2) is 0 Å². The first-order valence-corrected chi connectivity index (χ1v) is 7.43. The molecule has 0 saturated carbocycles. The Labute approximate surface area is 116 Å². The van der Waals surface area contributed by atoms with Crippen LogP contribution < -0.4 is 0 Å². The summed E-state index contributed by atoms with van der Waals surface area (Å²) in [4.78, 5) is 0.191. The molecular formula is C11H11BrClF3S. The monoisotopic (exact) mass is 346 g/mol. The van der Waals surface area contributed by atoms with Gasteiger partial charge < -0.3 is 0 Å². The Kier molecular flexibility index (Phi) is 6.17. The predicted octanol–water partition coefficient (Wildman–Crippen LogP) is 5.36. The molecule has 1 rings (SSSR count). The summed E-state index contributed by atoms with van der Waals surface area (Å²) in [6, 6.07) is 4.75. The lowest BCUT2D eigenvalue weighted by molar-refractivity contribution is -0.0328. The molecule has 1 aromatic rings. The molecule has 17 heavy (non-hydrogen) atoms. The third-order valence-corrected chi connectivity index (χ3v) is 3.70. The van der Waals surface area contributed by atoms with Crippen LogP contribution in [0, 0.1) is 0 Å². The summed E-state index contributed by atoms with van der Waals surface area (Å²) >= 11 is 8.97. The standard InChI is InChI=1S/C11H11BrClF3S/c12-5-1-2-8-3-4-10(6-9(8)7-13)17-11(14,15)16/h3-4,6H,1-2,5,7H2. The molecule has 0 amide bonds. The van der Waals surface area contributed by atoms with Gasteiger partial charge >= 0.3 is 5.51 Å². The van der Waals surface area contributed by atoms with E-state index in [0.29, 0.717) is 0 Å². The Morgan fingerprint density at radius 2 is 1.94 bits per heavy atom. The van der Waals surface area contributed by atoms with E-state index in [-0.39, 0.29) is 22.5 Å². The van der Waals surface area contributed by atoms with Crippen molar-refractivity contribution < 1.29 is 13.2 Å². The minimum atomic E-state index is -4.25. The molecule has 6 heteroatoms. The van der Waals surface area contributed by atoms with Crippen molar-refractivity contribution in [2.24, 2.45) is 0 Å². The smallest absolute Gasteiger partial charge is 0.160 e. The van der Waals surface area contributed by atoms with E-state index in [2.05, 4.69) is 15.9 Å². The van der Waals surface area contributed by atoms with Gasteiger partial charge in [-0.25, -0.2) is 0 Å². The third kappa shape index (κ3) is 5.53. The highest BCUT2D eigenvalue weighted by Crippen LogP contribution is 2.37. The van der Waals surface area contributed by atoms with E-state index in [1.165, 1.54) is 12.1 Å². The predicted molar refractivity (Wildman–Crippen MR) is 70.0 cm³/mol. The molecule has 0 aliphatic rings. The minimum absolute atomic E-state index is 0.105. The summed E-state index contributed by atoms with van der Waals surface area (Å²) in [7, 11) is 0. The van der Waals surface area contributed by atoms with Crippen LogP contribution in [-0.4, -0.2) is 10.8 Å². The fourth-order valence-electron chi connectivity index (χ4n) is 1.42. The first-order valence-electron chi connectivity index (χ1n) is 4.95. The molecule has 0 bridgehead atoms. The van der Waals surface area contributed by atoms with Crippen LogP contribution in [0.2, 0.25) is 0 Å².